The van der Waals surface area contributed by atoms with E-state index >= 15 is 0 Å². The summed E-state index contributed by atoms with van der Waals surface area (Å²) in [6.45, 7) is 1.90. The Morgan fingerprint density at radius 2 is 1.73 bits per heavy atom. The minimum atomic E-state index is -0.845. The highest BCUT2D eigenvalue weighted by Gasteiger charge is 2.35. The molecule has 0 spiro atoms. The second-order valence-corrected chi connectivity index (χ2v) is 12.2. The van der Waals surface area contributed by atoms with Gasteiger partial charge in [0.15, 0.2) is 16.3 Å². The van der Waals surface area contributed by atoms with Crippen LogP contribution in [0.2, 0.25) is 0 Å². The highest BCUT2D eigenvalue weighted by molar-refractivity contribution is 14.1. The van der Waals surface area contributed by atoms with Gasteiger partial charge in [0.05, 0.1) is 49.8 Å². The van der Waals surface area contributed by atoms with Crippen LogP contribution in [0, 0.1) is 7.14 Å². The van der Waals surface area contributed by atoms with Crippen molar-refractivity contribution in [2.45, 2.75) is 13.0 Å². The Hall–Kier alpha value is -3.17. The van der Waals surface area contributed by atoms with Crippen LogP contribution in [0.15, 0.2) is 76.0 Å². The fourth-order valence-electron chi connectivity index (χ4n) is 4.60. The minimum Gasteiger partial charge on any atom is -0.506 e. The largest absolute Gasteiger partial charge is 0.506 e. The summed E-state index contributed by atoms with van der Waals surface area (Å²) in [6.07, 6.45) is 1.77. The van der Waals surface area contributed by atoms with Crippen LogP contribution in [-0.4, -0.2) is 36.5 Å². The number of benzene rings is 3. The monoisotopic (exact) mass is 794 g/mol. The standard InChI is InChI=1S/C30H24I2N2O6S/c1-4-40-29(37)24-25(17-8-6-5-7-9-17)33-30-34(26(24)18-10-11-21(38-2)22(15-18)39-3)28(36)23(41-30)14-16-12-19(31)27(35)20(32)13-16/h5-15,26,35H,4H2,1-3H3/b23-14-/t26-/m0/s1. The maximum Gasteiger partial charge on any atom is 0.338 e. The lowest BCUT2D eigenvalue weighted by atomic mass is 9.93. The van der Waals surface area contributed by atoms with Gasteiger partial charge < -0.3 is 19.3 Å². The molecular weight excluding hydrogens is 770 g/mol. The van der Waals surface area contributed by atoms with E-state index in [1.165, 1.54) is 23.0 Å². The van der Waals surface area contributed by atoms with E-state index in [4.69, 9.17) is 19.2 Å². The molecule has 0 radical (unpaired) electrons. The normalized spacial score (nSPS) is 14.9. The molecule has 0 saturated carbocycles. The molecule has 0 amide bonds. The van der Waals surface area contributed by atoms with Crippen LogP contribution in [0.4, 0.5) is 0 Å². The third kappa shape index (κ3) is 5.66. The topological polar surface area (TPSA) is 99.4 Å². The molecule has 41 heavy (non-hydrogen) atoms. The van der Waals surface area contributed by atoms with Crippen LogP contribution in [0.1, 0.15) is 29.7 Å². The molecular formula is C30H24I2N2O6S. The summed E-state index contributed by atoms with van der Waals surface area (Å²) in [5.41, 5.74) is 2.50. The summed E-state index contributed by atoms with van der Waals surface area (Å²) in [5, 5.41) is 10.2. The molecule has 1 aliphatic rings. The Morgan fingerprint density at radius 1 is 1.05 bits per heavy atom. The number of aromatic nitrogens is 1. The number of esters is 1. The fourth-order valence-corrected chi connectivity index (χ4v) is 7.42. The molecule has 1 aliphatic heterocycles. The molecule has 2 heterocycles. The summed E-state index contributed by atoms with van der Waals surface area (Å²) in [7, 11) is 3.08. The molecule has 3 aromatic carbocycles. The molecule has 8 nitrogen and oxygen atoms in total. The number of nitrogens with zero attached hydrogens (tertiary/aromatic N) is 2. The number of hydrogen-bond donors (Lipinski definition) is 1. The summed E-state index contributed by atoms with van der Waals surface area (Å²) in [4.78, 5) is 33.0. The Morgan fingerprint density at radius 3 is 2.37 bits per heavy atom. The molecule has 0 aliphatic carbocycles. The Bertz CT molecular complexity index is 1840. The van der Waals surface area contributed by atoms with E-state index in [0.29, 0.717) is 39.2 Å². The minimum absolute atomic E-state index is 0.158. The summed E-state index contributed by atoms with van der Waals surface area (Å²) < 4.78 is 19.8. The van der Waals surface area contributed by atoms with Gasteiger partial charge >= 0.3 is 5.97 Å². The molecule has 4 aromatic rings. The van der Waals surface area contributed by atoms with Crippen molar-refractivity contribution in [1.29, 1.82) is 0 Å². The number of hydrogen-bond acceptors (Lipinski definition) is 8. The van der Waals surface area contributed by atoms with Crippen molar-refractivity contribution < 1.29 is 24.1 Å². The zero-order valence-corrected chi connectivity index (χ0v) is 27.3. The van der Waals surface area contributed by atoms with E-state index < -0.39 is 12.0 Å². The number of carbonyl (C=O) groups is 1. The van der Waals surface area contributed by atoms with Gasteiger partial charge in [0, 0.05) is 5.56 Å². The number of carbonyl (C=O) groups excluding carboxylic acids is 1. The van der Waals surface area contributed by atoms with Gasteiger partial charge in [0.2, 0.25) is 0 Å². The maximum atomic E-state index is 14.1. The number of phenols is 1. The van der Waals surface area contributed by atoms with Gasteiger partial charge in [0.1, 0.15) is 5.75 Å². The molecule has 5 rings (SSSR count). The van der Waals surface area contributed by atoms with Gasteiger partial charge in [-0.25, -0.2) is 9.79 Å². The number of ether oxygens (including phenoxy) is 3. The number of fused-ring (bicyclic) bond motifs is 1. The van der Waals surface area contributed by atoms with Crippen molar-refractivity contribution in [2.24, 2.45) is 4.99 Å². The smallest absolute Gasteiger partial charge is 0.338 e. The van der Waals surface area contributed by atoms with Crippen LogP contribution in [0.3, 0.4) is 0 Å². The molecule has 0 unspecified atom stereocenters. The van der Waals surface area contributed by atoms with Crippen molar-refractivity contribution in [3.8, 4) is 17.2 Å². The van der Waals surface area contributed by atoms with E-state index in [-0.39, 0.29) is 23.5 Å². The van der Waals surface area contributed by atoms with Gasteiger partial charge in [-0.15, -0.1) is 0 Å². The Labute approximate surface area is 266 Å². The SMILES string of the molecule is CCOC(=O)C1=C(c2ccccc2)N=c2s/c(=C\c3cc(I)c(O)c(I)c3)c(=O)n2[C@H]1c1ccc(OC)c(OC)c1. The third-order valence-electron chi connectivity index (χ3n) is 6.43. The van der Waals surface area contributed by atoms with Gasteiger partial charge in [-0.2, -0.15) is 0 Å². The lowest BCUT2D eigenvalue weighted by Gasteiger charge is -2.26. The quantitative estimate of drug-likeness (QED) is 0.212. The molecule has 0 saturated heterocycles. The van der Waals surface area contributed by atoms with Crippen LogP contribution in [0.5, 0.6) is 17.2 Å². The molecule has 1 N–H and O–H groups in total. The average Bonchev–Trinajstić information content (AvgIpc) is 3.29. The van der Waals surface area contributed by atoms with Crippen LogP contribution in [0.25, 0.3) is 11.8 Å². The number of methoxy groups -OCH3 is 2. The first-order valence-electron chi connectivity index (χ1n) is 12.5. The molecule has 1 atom stereocenters. The second kappa shape index (κ2) is 12.4. The number of rotatable bonds is 7. The van der Waals surface area contributed by atoms with Gasteiger partial charge in [0.25, 0.3) is 5.56 Å². The maximum absolute atomic E-state index is 14.1. The molecule has 210 valence electrons. The zero-order chi connectivity index (χ0) is 29.3. The van der Waals surface area contributed by atoms with E-state index in [0.717, 1.165) is 11.1 Å². The van der Waals surface area contributed by atoms with Crippen molar-refractivity contribution in [2.75, 3.05) is 20.8 Å². The van der Waals surface area contributed by atoms with E-state index in [2.05, 4.69) is 45.2 Å². The van der Waals surface area contributed by atoms with Crippen LogP contribution >= 0.6 is 56.5 Å². The zero-order valence-electron chi connectivity index (χ0n) is 22.2. The van der Waals surface area contributed by atoms with Gasteiger partial charge in [-0.05, 0) is 93.6 Å². The van der Waals surface area contributed by atoms with Gasteiger partial charge in [-0.3, -0.25) is 9.36 Å². The van der Waals surface area contributed by atoms with Crippen molar-refractivity contribution in [1.82, 2.24) is 4.57 Å². The first kappa shape index (κ1) is 29.3. The third-order valence-corrected chi connectivity index (χ3v) is 9.06. The Kier molecular flexibility index (Phi) is 8.85. The highest BCUT2D eigenvalue weighted by Crippen LogP contribution is 2.38. The first-order chi connectivity index (χ1) is 19.8. The van der Waals surface area contributed by atoms with Crippen LogP contribution in [-0.2, 0) is 9.53 Å². The van der Waals surface area contributed by atoms with Crippen molar-refractivity contribution in [3.63, 3.8) is 0 Å². The van der Waals surface area contributed by atoms with E-state index in [1.54, 1.807) is 38.3 Å². The first-order valence-corrected chi connectivity index (χ1v) is 15.4. The van der Waals surface area contributed by atoms with Crippen molar-refractivity contribution >= 4 is 74.3 Å². The second-order valence-electron chi connectivity index (χ2n) is 8.88. The lowest BCUT2D eigenvalue weighted by molar-refractivity contribution is -0.138. The molecule has 11 heteroatoms. The number of halogens is 2. The number of phenolic OH excluding ortho intramolecular Hbond substituents is 1. The molecule has 0 bridgehead atoms. The number of aromatic hydroxyl groups is 1. The predicted octanol–water partition coefficient (Wildman–Crippen LogP) is 4.87. The van der Waals surface area contributed by atoms with Crippen LogP contribution < -0.4 is 24.4 Å². The van der Waals surface area contributed by atoms with E-state index in [1.807, 2.05) is 42.5 Å². The summed E-state index contributed by atoms with van der Waals surface area (Å²) in [5.74, 6) is 0.614. The summed E-state index contributed by atoms with van der Waals surface area (Å²) in [6, 6.07) is 17.5. The van der Waals surface area contributed by atoms with Crippen molar-refractivity contribution in [3.05, 3.63) is 110 Å². The Balaban J connectivity index is 1.84. The fraction of sp³-hybridized carbons (Fsp3) is 0.167. The molecule has 0 fully saturated rings. The average molecular weight is 794 g/mol. The van der Waals surface area contributed by atoms with Gasteiger partial charge in [-0.1, -0.05) is 47.7 Å². The van der Waals surface area contributed by atoms with E-state index in [9.17, 15) is 14.7 Å². The lowest BCUT2D eigenvalue weighted by Crippen LogP contribution is -2.40. The predicted molar refractivity (Wildman–Crippen MR) is 174 cm³/mol. The highest BCUT2D eigenvalue weighted by atomic mass is 127. The molecule has 1 aromatic heterocycles. The number of thiazole rings is 1. The summed E-state index contributed by atoms with van der Waals surface area (Å²) >= 11 is 5.35.